The number of carboxylic acids is 1. The molecule has 0 spiro atoms. The lowest BCUT2D eigenvalue weighted by molar-refractivity contribution is -0.384. The normalized spacial score (nSPS) is 13.1. The number of halogens is 1. The lowest BCUT2D eigenvalue weighted by Crippen LogP contribution is -2.43. The lowest BCUT2D eigenvalue weighted by atomic mass is 10.3. The zero-order chi connectivity index (χ0) is 15.5. The van der Waals surface area contributed by atoms with E-state index in [1.807, 2.05) is 4.72 Å². The van der Waals surface area contributed by atoms with Gasteiger partial charge in [0.05, 0.1) is 11.5 Å². The van der Waals surface area contributed by atoms with Gasteiger partial charge in [-0.3, -0.25) is 14.9 Å². The fourth-order valence-electron chi connectivity index (χ4n) is 1.16. The van der Waals surface area contributed by atoms with Crippen molar-refractivity contribution in [1.29, 1.82) is 0 Å². The van der Waals surface area contributed by atoms with Crippen LogP contribution in [0.1, 0.15) is 0 Å². The summed E-state index contributed by atoms with van der Waals surface area (Å²) in [6.45, 7) is -0.393. The van der Waals surface area contributed by atoms with Crippen LogP contribution in [0.15, 0.2) is 10.3 Å². The SMILES string of the molecule is COCC(NS(=O)(=O)c1cc([N+](=O)[O-])c(Cl)s1)C(=O)O. The molecular formula is C8H9ClN2O7S2. The van der Waals surface area contributed by atoms with Crippen LogP contribution in [0, 0.1) is 10.1 Å². The smallest absolute Gasteiger partial charge is 0.324 e. The van der Waals surface area contributed by atoms with E-state index in [0.29, 0.717) is 11.3 Å². The van der Waals surface area contributed by atoms with E-state index >= 15 is 0 Å². The van der Waals surface area contributed by atoms with Crippen molar-refractivity contribution < 1.29 is 28.0 Å². The van der Waals surface area contributed by atoms with Gasteiger partial charge in [0, 0.05) is 13.2 Å². The van der Waals surface area contributed by atoms with Gasteiger partial charge >= 0.3 is 5.97 Å². The standard InChI is InChI=1S/C8H9ClN2O7S2/c1-18-3-4(8(12)13)10-20(16,17)6-2-5(11(14)15)7(9)19-6/h2,4,10H,3H2,1H3,(H,12,13). The Kier molecular flexibility index (Phi) is 5.42. The number of methoxy groups -OCH3 is 1. The van der Waals surface area contributed by atoms with Gasteiger partial charge in [-0.1, -0.05) is 11.6 Å². The third-order valence-corrected chi connectivity index (χ3v) is 5.32. The first kappa shape index (κ1) is 16.8. The minimum Gasteiger partial charge on any atom is -0.480 e. The number of hydrogen-bond donors (Lipinski definition) is 2. The number of hydrogen-bond acceptors (Lipinski definition) is 7. The predicted octanol–water partition coefficient (Wildman–Crippen LogP) is 0.688. The Morgan fingerprint density at radius 1 is 1.70 bits per heavy atom. The Morgan fingerprint density at radius 2 is 2.30 bits per heavy atom. The van der Waals surface area contributed by atoms with Crippen molar-refractivity contribution in [3.8, 4) is 0 Å². The highest BCUT2D eigenvalue weighted by Crippen LogP contribution is 2.36. The zero-order valence-electron chi connectivity index (χ0n) is 9.90. The Morgan fingerprint density at radius 3 is 2.70 bits per heavy atom. The van der Waals surface area contributed by atoms with Crippen LogP contribution in [-0.4, -0.2) is 44.2 Å². The summed E-state index contributed by atoms with van der Waals surface area (Å²) in [7, 11) is -3.04. The first-order valence-electron chi connectivity index (χ1n) is 4.87. The number of nitrogens with one attached hydrogen (secondary N) is 1. The summed E-state index contributed by atoms with van der Waals surface area (Å²) in [4.78, 5) is 20.6. The van der Waals surface area contributed by atoms with Crippen LogP contribution in [0.3, 0.4) is 0 Å². The molecule has 0 aromatic carbocycles. The van der Waals surface area contributed by atoms with Crippen molar-refractivity contribution in [3.63, 3.8) is 0 Å². The van der Waals surface area contributed by atoms with Gasteiger partial charge in [0.1, 0.15) is 10.3 Å². The van der Waals surface area contributed by atoms with Crippen LogP contribution in [0.2, 0.25) is 4.34 Å². The molecule has 1 unspecified atom stereocenters. The fourth-order valence-corrected chi connectivity index (χ4v) is 4.02. The summed E-state index contributed by atoms with van der Waals surface area (Å²) in [5.74, 6) is -1.44. The van der Waals surface area contributed by atoms with Gasteiger partial charge in [0.25, 0.3) is 15.7 Å². The molecule has 1 heterocycles. The monoisotopic (exact) mass is 344 g/mol. The second-order valence-electron chi connectivity index (χ2n) is 3.45. The van der Waals surface area contributed by atoms with Crippen LogP contribution < -0.4 is 4.72 Å². The summed E-state index contributed by atoms with van der Waals surface area (Å²) in [5, 5.41) is 19.4. The van der Waals surface area contributed by atoms with Gasteiger partial charge in [0.2, 0.25) is 0 Å². The summed E-state index contributed by atoms with van der Waals surface area (Å²) >= 11 is 6.01. The van der Waals surface area contributed by atoms with E-state index in [1.165, 1.54) is 7.11 Å². The molecule has 0 aliphatic heterocycles. The average Bonchev–Trinajstić information content (AvgIpc) is 2.71. The molecule has 0 saturated heterocycles. The zero-order valence-corrected chi connectivity index (χ0v) is 12.3. The highest BCUT2D eigenvalue weighted by atomic mass is 35.5. The highest BCUT2D eigenvalue weighted by molar-refractivity contribution is 7.91. The molecule has 1 rings (SSSR count). The summed E-state index contributed by atoms with van der Waals surface area (Å²) in [6, 6.07) is -0.744. The number of ether oxygens (including phenoxy) is 1. The molecule has 0 aliphatic rings. The Hall–Kier alpha value is -1.27. The van der Waals surface area contributed by atoms with Crippen LogP contribution >= 0.6 is 22.9 Å². The highest BCUT2D eigenvalue weighted by Gasteiger charge is 2.29. The molecule has 0 saturated carbocycles. The van der Waals surface area contributed by atoms with Crippen molar-refractivity contribution in [2.24, 2.45) is 0 Å². The fraction of sp³-hybridized carbons (Fsp3) is 0.375. The second-order valence-corrected chi connectivity index (χ2v) is 7.04. The van der Waals surface area contributed by atoms with E-state index in [1.54, 1.807) is 0 Å². The van der Waals surface area contributed by atoms with E-state index < -0.39 is 43.5 Å². The van der Waals surface area contributed by atoms with Crippen molar-refractivity contribution in [3.05, 3.63) is 20.5 Å². The topological polar surface area (TPSA) is 136 Å². The third-order valence-electron chi connectivity index (χ3n) is 2.04. The van der Waals surface area contributed by atoms with Gasteiger partial charge in [0.15, 0.2) is 4.34 Å². The molecule has 1 aromatic heterocycles. The Labute approximate surface area is 122 Å². The largest absolute Gasteiger partial charge is 0.480 e. The number of aliphatic carboxylic acids is 1. The number of rotatable bonds is 7. The molecule has 0 amide bonds. The van der Waals surface area contributed by atoms with Gasteiger partial charge < -0.3 is 9.84 Å². The minimum absolute atomic E-state index is 0.311. The number of sulfonamides is 1. The maximum absolute atomic E-state index is 11.9. The first-order chi connectivity index (χ1) is 9.19. The number of carboxylic acid groups (broad SMARTS) is 1. The van der Waals surface area contributed by atoms with Crippen molar-refractivity contribution in [1.82, 2.24) is 4.72 Å². The average molecular weight is 345 g/mol. The van der Waals surface area contributed by atoms with E-state index in [0.717, 1.165) is 6.07 Å². The van der Waals surface area contributed by atoms with Gasteiger partial charge in [-0.05, 0) is 0 Å². The van der Waals surface area contributed by atoms with Crippen LogP contribution in [0.25, 0.3) is 0 Å². The van der Waals surface area contributed by atoms with Crippen LogP contribution in [0.5, 0.6) is 0 Å². The van der Waals surface area contributed by atoms with Gasteiger partial charge in [-0.15, -0.1) is 11.3 Å². The number of carbonyl (C=O) groups is 1. The molecule has 0 radical (unpaired) electrons. The summed E-state index contributed by atoms with van der Waals surface area (Å²) in [6.07, 6.45) is 0. The number of thiophene rings is 1. The van der Waals surface area contributed by atoms with E-state index in [2.05, 4.69) is 4.74 Å². The molecule has 20 heavy (non-hydrogen) atoms. The van der Waals surface area contributed by atoms with E-state index in [-0.39, 0.29) is 4.34 Å². The maximum atomic E-state index is 11.9. The summed E-state index contributed by atoms with van der Waals surface area (Å²) < 4.78 is 29.5. The Balaban J connectivity index is 3.07. The predicted molar refractivity (Wildman–Crippen MR) is 69.6 cm³/mol. The second kappa shape index (κ2) is 6.45. The van der Waals surface area contributed by atoms with E-state index in [4.69, 9.17) is 16.7 Å². The molecule has 112 valence electrons. The minimum atomic E-state index is -4.24. The van der Waals surface area contributed by atoms with Gasteiger partial charge in [-0.2, -0.15) is 4.72 Å². The molecule has 9 nitrogen and oxygen atoms in total. The number of nitro groups is 1. The molecule has 0 fully saturated rings. The van der Waals surface area contributed by atoms with Crippen molar-refractivity contribution in [2.75, 3.05) is 13.7 Å². The number of nitrogens with zero attached hydrogens (tertiary/aromatic N) is 1. The molecule has 2 N–H and O–H groups in total. The molecular weight excluding hydrogens is 336 g/mol. The third kappa shape index (κ3) is 3.86. The van der Waals surface area contributed by atoms with Crippen LogP contribution in [-0.2, 0) is 19.6 Å². The maximum Gasteiger partial charge on any atom is 0.324 e. The molecule has 12 heteroatoms. The Bertz CT molecular complexity index is 627. The van der Waals surface area contributed by atoms with Gasteiger partial charge in [-0.25, -0.2) is 8.42 Å². The van der Waals surface area contributed by atoms with Crippen molar-refractivity contribution in [2.45, 2.75) is 10.3 Å². The molecule has 0 aliphatic carbocycles. The molecule has 1 atom stereocenters. The first-order valence-corrected chi connectivity index (χ1v) is 7.54. The summed E-state index contributed by atoms with van der Waals surface area (Å²) in [5.41, 5.74) is -0.560. The van der Waals surface area contributed by atoms with Crippen molar-refractivity contribution >= 4 is 44.6 Å². The quantitative estimate of drug-likeness (QED) is 0.548. The van der Waals surface area contributed by atoms with Crippen LogP contribution in [0.4, 0.5) is 5.69 Å². The molecule has 1 aromatic rings. The molecule has 0 bridgehead atoms. The lowest BCUT2D eigenvalue weighted by Gasteiger charge is -2.12. The van der Waals surface area contributed by atoms with E-state index in [9.17, 15) is 23.3 Å².